The Labute approximate surface area is 152 Å². The molecule has 128 valence electrons. The van der Waals surface area contributed by atoms with Gasteiger partial charge in [0.2, 0.25) is 5.91 Å². The molecule has 0 unspecified atom stereocenters. The fourth-order valence-corrected chi connectivity index (χ4v) is 4.53. The number of benzene rings is 2. The third-order valence-electron chi connectivity index (χ3n) is 4.91. The van der Waals surface area contributed by atoms with Crippen LogP contribution in [0.5, 0.6) is 0 Å². The van der Waals surface area contributed by atoms with E-state index in [1.54, 1.807) is 11.3 Å². The molecule has 1 heterocycles. The van der Waals surface area contributed by atoms with Crippen LogP contribution in [0.4, 0.5) is 5.69 Å². The summed E-state index contributed by atoms with van der Waals surface area (Å²) in [5, 5.41) is 4.05. The zero-order valence-electron chi connectivity index (χ0n) is 14.2. The molecule has 1 fully saturated rings. The molecule has 4 heteroatoms. The van der Waals surface area contributed by atoms with E-state index in [2.05, 4.69) is 16.4 Å². The van der Waals surface area contributed by atoms with Gasteiger partial charge in [-0.25, -0.2) is 4.98 Å². The molecule has 4 rings (SSSR count). The summed E-state index contributed by atoms with van der Waals surface area (Å²) in [6.07, 6.45) is 6.92. The number of fused-ring (bicyclic) bond motifs is 1. The summed E-state index contributed by atoms with van der Waals surface area (Å²) >= 11 is 1.69. The predicted octanol–water partition coefficient (Wildman–Crippen LogP) is 5.87. The second-order valence-electron chi connectivity index (χ2n) is 6.82. The van der Waals surface area contributed by atoms with Crippen LogP contribution in [-0.4, -0.2) is 10.9 Å². The maximum absolute atomic E-state index is 12.2. The second kappa shape index (κ2) is 7.36. The van der Waals surface area contributed by atoms with Gasteiger partial charge in [-0.1, -0.05) is 31.4 Å². The minimum Gasteiger partial charge on any atom is -0.326 e. The Bertz CT molecular complexity index is 830. The average molecular weight is 350 g/mol. The van der Waals surface area contributed by atoms with E-state index in [4.69, 9.17) is 0 Å². The van der Waals surface area contributed by atoms with Crippen molar-refractivity contribution in [2.45, 2.75) is 38.5 Å². The van der Waals surface area contributed by atoms with Crippen molar-refractivity contribution in [3.05, 3.63) is 48.5 Å². The first-order chi connectivity index (χ1) is 12.3. The normalized spacial score (nSPS) is 15.4. The summed E-state index contributed by atoms with van der Waals surface area (Å²) in [4.78, 5) is 16.9. The molecule has 0 spiro atoms. The summed E-state index contributed by atoms with van der Waals surface area (Å²) in [6, 6.07) is 16.2. The standard InChI is InChI=1S/C21H22N2OS/c24-20(14-15-6-2-1-3-7-15)22-17-12-10-16(11-13-17)21-23-18-8-4-5-9-19(18)25-21/h4-5,8-13,15H,1-3,6-7,14H2,(H,22,24). The van der Waals surface area contributed by atoms with Gasteiger partial charge in [0.25, 0.3) is 0 Å². The van der Waals surface area contributed by atoms with E-state index in [1.807, 2.05) is 42.5 Å². The number of rotatable bonds is 4. The van der Waals surface area contributed by atoms with E-state index in [0.29, 0.717) is 12.3 Å². The molecular formula is C21H22N2OS. The highest BCUT2D eigenvalue weighted by Gasteiger charge is 2.17. The fraction of sp³-hybridized carbons (Fsp3) is 0.333. The van der Waals surface area contributed by atoms with E-state index in [-0.39, 0.29) is 5.91 Å². The Hall–Kier alpha value is -2.20. The first-order valence-corrected chi connectivity index (χ1v) is 9.85. The lowest BCUT2D eigenvalue weighted by Gasteiger charge is -2.20. The van der Waals surface area contributed by atoms with E-state index in [9.17, 15) is 4.79 Å². The van der Waals surface area contributed by atoms with Crippen LogP contribution in [0, 0.1) is 5.92 Å². The van der Waals surface area contributed by atoms with Crippen LogP contribution in [-0.2, 0) is 4.79 Å². The molecule has 1 aromatic heterocycles. The van der Waals surface area contributed by atoms with Crippen molar-refractivity contribution >= 4 is 33.1 Å². The maximum Gasteiger partial charge on any atom is 0.224 e. The van der Waals surface area contributed by atoms with Gasteiger partial charge in [-0.2, -0.15) is 0 Å². The number of nitrogens with one attached hydrogen (secondary N) is 1. The molecule has 1 aliphatic rings. The van der Waals surface area contributed by atoms with E-state index in [1.165, 1.54) is 36.8 Å². The number of anilines is 1. The quantitative estimate of drug-likeness (QED) is 0.639. The summed E-state index contributed by atoms with van der Waals surface area (Å²) in [5.74, 6) is 0.704. The molecule has 3 nitrogen and oxygen atoms in total. The lowest BCUT2D eigenvalue weighted by Crippen LogP contribution is -2.18. The van der Waals surface area contributed by atoms with Crippen molar-refractivity contribution in [1.82, 2.24) is 4.98 Å². The number of para-hydroxylation sites is 1. The van der Waals surface area contributed by atoms with Gasteiger partial charge in [0.05, 0.1) is 10.2 Å². The van der Waals surface area contributed by atoms with Gasteiger partial charge in [-0.05, 0) is 55.2 Å². The number of amides is 1. The van der Waals surface area contributed by atoms with Gasteiger partial charge in [-0.3, -0.25) is 4.79 Å². The number of thiazole rings is 1. The number of carbonyl (C=O) groups is 1. The number of nitrogens with zero attached hydrogens (tertiary/aromatic N) is 1. The topological polar surface area (TPSA) is 42.0 Å². The highest BCUT2D eigenvalue weighted by molar-refractivity contribution is 7.21. The summed E-state index contributed by atoms with van der Waals surface area (Å²) < 4.78 is 1.20. The molecule has 0 bridgehead atoms. The Balaban J connectivity index is 1.41. The molecule has 25 heavy (non-hydrogen) atoms. The van der Waals surface area contributed by atoms with E-state index >= 15 is 0 Å². The van der Waals surface area contributed by atoms with Crippen molar-refractivity contribution < 1.29 is 4.79 Å². The minimum atomic E-state index is 0.139. The Kier molecular flexibility index (Phi) is 4.79. The highest BCUT2D eigenvalue weighted by Crippen LogP contribution is 2.31. The molecule has 0 saturated heterocycles. The van der Waals surface area contributed by atoms with Gasteiger partial charge >= 0.3 is 0 Å². The molecular weight excluding hydrogens is 328 g/mol. The monoisotopic (exact) mass is 350 g/mol. The molecule has 1 N–H and O–H groups in total. The van der Waals surface area contributed by atoms with Crippen molar-refractivity contribution in [2.75, 3.05) is 5.32 Å². The van der Waals surface area contributed by atoms with Crippen molar-refractivity contribution in [3.8, 4) is 10.6 Å². The molecule has 1 amide bonds. The third-order valence-corrected chi connectivity index (χ3v) is 5.99. The molecule has 0 aliphatic heterocycles. The molecule has 1 saturated carbocycles. The third kappa shape index (κ3) is 3.90. The second-order valence-corrected chi connectivity index (χ2v) is 7.85. The van der Waals surface area contributed by atoms with Gasteiger partial charge < -0.3 is 5.32 Å². The first kappa shape index (κ1) is 16.3. The SMILES string of the molecule is O=C(CC1CCCCC1)Nc1ccc(-c2nc3ccccc3s2)cc1. The van der Waals surface area contributed by atoms with Gasteiger partial charge in [0.1, 0.15) is 5.01 Å². The number of aromatic nitrogens is 1. The van der Waals surface area contributed by atoms with Gasteiger partial charge in [0, 0.05) is 17.7 Å². The Morgan fingerprint density at radius 1 is 1.04 bits per heavy atom. The van der Waals surface area contributed by atoms with Crippen molar-refractivity contribution in [1.29, 1.82) is 0 Å². The van der Waals surface area contributed by atoms with Crippen molar-refractivity contribution in [3.63, 3.8) is 0 Å². The highest BCUT2D eigenvalue weighted by atomic mass is 32.1. The van der Waals surface area contributed by atoms with Crippen LogP contribution in [0.15, 0.2) is 48.5 Å². The summed E-state index contributed by atoms with van der Waals surface area (Å²) in [7, 11) is 0. The first-order valence-electron chi connectivity index (χ1n) is 9.04. The molecule has 0 atom stereocenters. The molecule has 3 aromatic rings. The summed E-state index contributed by atoms with van der Waals surface area (Å²) in [5.41, 5.74) is 2.99. The number of hydrogen-bond acceptors (Lipinski definition) is 3. The van der Waals surface area contributed by atoms with Gasteiger partial charge in [0.15, 0.2) is 0 Å². The smallest absolute Gasteiger partial charge is 0.224 e. The Morgan fingerprint density at radius 2 is 1.80 bits per heavy atom. The van der Waals surface area contributed by atoms with Crippen LogP contribution >= 0.6 is 11.3 Å². The molecule has 0 radical (unpaired) electrons. The minimum absolute atomic E-state index is 0.139. The van der Waals surface area contributed by atoms with Crippen LogP contribution in [0.3, 0.4) is 0 Å². The Morgan fingerprint density at radius 3 is 2.56 bits per heavy atom. The zero-order valence-corrected chi connectivity index (χ0v) is 15.0. The largest absolute Gasteiger partial charge is 0.326 e. The molecule has 1 aliphatic carbocycles. The summed E-state index contributed by atoms with van der Waals surface area (Å²) in [6.45, 7) is 0. The van der Waals surface area contributed by atoms with Crippen LogP contribution in [0.1, 0.15) is 38.5 Å². The van der Waals surface area contributed by atoms with Crippen molar-refractivity contribution in [2.24, 2.45) is 5.92 Å². The van der Waals surface area contributed by atoms with E-state index in [0.717, 1.165) is 21.8 Å². The predicted molar refractivity (Wildman–Crippen MR) is 105 cm³/mol. The van der Waals surface area contributed by atoms with E-state index < -0.39 is 0 Å². The fourth-order valence-electron chi connectivity index (χ4n) is 3.56. The average Bonchev–Trinajstić information content (AvgIpc) is 3.07. The molecule has 2 aromatic carbocycles. The number of carbonyl (C=O) groups excluding carboxylic acids is 1. The lowest BCUT2D eigenvalue weighted by atomic mass is 9.87. The lowest BCUT2D eigenvalue weighted by molar-refractivity contribution is -0.117. The zero-order chi connectivity index (χ0) is 17.1. The van der Waals surface area contributed by atoms with Gasteiger partial charge in [-0.15, -0.1) is 11.3 Å². The number of hydrogen-bond donors (Lipinski definition) is 1. The van der Waals surface area contributed by atoms with Crippen LogP contribution in [0.2, 0.25) is 0 Å². The van der Waals surface area contributed by atoms with Crippen LogP contribution < -0.4 is 5.32 Å². The van der Waals surface area contributed by atoms with Crippen LogP contribution in [0.25, 0.3) is 20.8 Å². The maximum atomic E-state index is 12.2.